The van der Waals surface area contributed by atoms with E-state index in [9.17, 15) is 0 Å². The lowest BCUT2D eigenvalue weighted by Crippen LogP contribution is -2.45. The summed E-state index contributed by atoms with van der Waals surface area (Å²) in [5, 5.41) is 7.90. The maximum atomic E-state index is 6.17. The highest BCUT2D eigenvalue weighted by molar-refractivity contribution is 6.34. The first-order valence-corrected chi connectivity index (χ1v) is 5.98. The Bertz CT molecular complexity index is 385. The van der Waals surface area contributed by atoms with E-state index in [1.54, 1.807) is 0 Å². The van der Waals surface area contributed by atoms with E-state index >= 15 is 0 Å². The second kappa shape index (κ2) is 3.31. The minimum Gasteiger partial charge on any atom is -0.382 e. The van der Waals surface area contributed by atoms with E-state index < -0.39 is 0 Å². The summed E-state index contributed by atoms with van der Waals surface area (Å²) in [6.45, 7) is 1.02. The van der Waals surface area contributed by atoms with E-state index in [1.807, 2.05) is 12.1 Å². The monoisotopic (exact) mass is 222 g/mol. The van der Waals surface area contributed by atoms with E-state index in [-0.39, 0.29) is 0 Å². The molecule has 0 amide bonds. The van der Waals surface area contributed by atoms with Crippen LogP contribution in [0, 0.1) is 0 Å². The lowest BCUT2D eigenvalue weighted by molar-refractivity contribution is 0.268. The molecular weight excluding hydrogens is 208 g/mol. The number of fused-ring (bicyclic) bond motifs is 1. The maximum Gasteiger partial charge on any atom is 0.0765 e. The van der Waals surface area contributed by atoms with E-state index in [2.05, 4.69) is 16.7 Å². The number of hydrogen-bond acceptors (Lipinski definition) is 2. The van der Waals surface area contributed by atoms with Crippen LogP contribution in [0.15, 0.2) is 18.2 Å². The van der Waals surface area contributed by atoms with E-state index in [1.165, 1.54) is 31.4 Å². The van der Waals surface area contributed by atoms with Gasteiger partial charge < -0.3 is 10.6 Å². The number of rotatable bonds is 0. The smallest absolute Gasteiger partial charge is 0.0765 e. The fourth-order valence-corrected chi connectivity index (χ4v) is 2.80. The van der Waals surface area contributed by atoms with Gasteiger partial charge in [-0.25, -0.2) is 0 Å². The molecule has 3 heteroatoms. The van der Waals surface area contributed by atoms with E-state index in [0.29, 0.717) is 5.54 Å². The third-order valence-electron chi connectivity index (χ3n) is 3.63. The molecule has 0 atom stereocenters. The van der Waals surface area contributed by atoms with Crippen LogP contribution in [0.4, 0.5) is 11.4 Å². The van der Waals surface area contributed by atoms with Crippen LogP contribution in [-0.2, 0) is 0 Å². The van der Waals surface area contributed by atoms with Crippen molar-refractivity contribution in [3.63, 3.8) is 0 Å². The summed E-state index contributed by atoms with van der Waals surface area (Å²) in [6, 6.07) is 6.06. The lowest BCUT2D eigenvalue weighted by atomic mass is 9.74. The molecule has 0 aromatic heterocycles. The van der Waals surface area contributed by atoms with E-state index in [0.717, 1.165) is 17.3 Å². The molecule has 1 saturated carbocycles. The van der Waals surface area contributed by atoms with Crippen molar-refractivity contribution < 1.29 is 0 Å². The van der Waals surface area contributed by atoms with Crippen LogP contribution in [0.5, 0.6) is 0 Å². The van der Waals surface area contributed by atoms with Crippen molar-refractivity contribution in [2.45, 2.75) is 31.2 Å². The molecule has 1 spiro atoms. The van der Waals surface area contributed by atoms with Crippen molar-refractivity contribution in [2.75, 3.05) is 17.2 Å². The minimum absolute atomic E-state index is 0.350. The lowest BCUT2D eigenvalue weighted by Gasteiger charge is -2.42. The van der Waals surface area contributed by atoms with Gasteiger partial charge in [-0.05, 0) is 37.8 Å². The Labute approximate surface area is 95.0 Å². The van der Waals surface area contributed by atoms with Gasteiger partial charge in [0, 0.05) is 12.1 Å². The number of nitrogens with one attached hydrogen (secondary N) is 2. The summed E-state index contributed by atoms with van der Waals surface area (Å²) < 4.78 is 0. The largest absolute Gasteiger partial charge is 0.382 e. The van der Waals surface area contributed by atoms with Crippen molar-refractivity contribution in [2.24, 2.45) is 0 Å². The van der Waals surface area contributed by atoms with Crippen LogP contribution in [0.3, 0.4) is 0 Å². The molecule has 0 unspecified atom stereocenters. The first kappa shape index (κ1) is 9.34. The molecule has 1 aromatic rings. The fourth-order valence-electron chi connectivity index (χ4n) is 2.56. The van der Waals surface area contributed by atoms with Crippen LogP contribution in [0.1, 0.15) is 25.7 Å². The first-order valence-electron chi connectivity index (χ1n) is 5.60. The SMILES string of the molecule is Clc1cccc2c1NCCC1(CCC1)N2. The number of hydrogen-bond donors (Lipinski definition) is 2. The molecule has 2 N–H and O–H groups in total. The molecule has 1 aliphatic heterocycles. The minimum atomic E-state index is 0.350. The average molecular weight is 223 g/mol. The number of para-hydroxylation sites is 1. The maximum absolute atomic E-state index is 6.17. The zero-order valence-corrected chi connectivity index (χ0v) is 9.40. The molecule has 1 aromatic carbocycles. The number of halogens is 1. The normalized spacial score (nSPS) is 21.9. The van der Waals surface area contributed by atoms with Gasteiger partial charge in [-0.15, -0.1) is 0 Å². The van der Waals surface area contributed by atoms with Gasteiger partial charge in [0.1, 0.15) is 0 Å². The molecular formula is C12H15ClN2. The van der Waals surface area contributed by atoms with Gasteiger partial charge in [0.15, 0.2) is 0 Å². The van der Waals surface area contributed by atoms with Gasteiger partial charge in [0.2, 0.25) is 0 Å². The molecule has 0 radical (unpaired) electrons. The molecule has 80 valence electrons. The zero-order chi connectivity index (χ0) is 10.3. The number of benzene rings is 1. The third-order valence-corrected chi connectivity index (χ3v) is 3.94. The molecule has 3 rings (SSSR count). The summed E-state index contributed by atoms with van der Waals surface area (Å²) in [7, 11) is 0. The fraction of sp³-hybridized carbons (Fsp3) is 0.500. The second-order valence-corrected chi connectivity index (χ2v) is 5.01. The quantitative estimate of drug-likeness (QED) is 0.702. The first-order chi connectivity index (χ1) is 7.29. The van der Waals surface area contributed by atoms with Crippen molar-refractivity contribution in [3.8, 4) is 0 Å². The van der Waals surface area contributed by atoms with Crippen molar-refractivity contribution in [3.05, 3.63) is 23.2 Å². The Kier molecular flexibility index (Phi) is 2.06. The molecule has 0 saturated heterocycles. The average Bonchev–Trinajstić information content (AvgIpc) is 2.37. The summed E-state index contributed by atoms with van der Waals surface area (Å²) in [5.41, 5.74) is 2.59. The van der Waals surface area contributed by atoms with Gasteiger partial charge in [-0.2, -0.15) is 0 Å². The van der Waals surface area contributed by atoms with Crippen LogP contribution in [-0.4, -0.2) is 12.1 Å². The van der Waals surface area contributed by atoms with E-state index in [4.69, 9.17) is 11.6 Å². The molecule has 2 nitrogen and oxygen atoms in total. The predicted molar refractivity (Wildman–Crippen MR) is 64.8 cm³/mol. The summed E-state index contributed by atoms with van der Waals surface area (Å²) in [4.78, 5) is 0. The van der Waals surface area contributed by atoms with Crippen molar-refractivity contribution in [1.82, 2.24) is 0 Å². The molecule has 2 aliphatic rings. The van der Waals surface area contributed by atoms with Gasteiger partial charge in [-0.1, -0.05) is 17.7 Å². The molecule has 15 heavy (non-hydrogen) atoms. The number of anilines is 2. The highest BCUT2D eigenvalue weighted by atomic mass is 35.5. The van der Waals surface area contributed by atoms with Crippen molar-refractivity contribution in [1.29, 1.82) is 0 Å². The van der Waals surface area contributed by atoms with Gasteiger partial charge >= 0.3 is 0 Å². The zero-order valence-electron chi connectivity index (χ0n) is 8.65. The highest BCUT2D eigenvalue weighted by Crippen LogP contribution is 2.43. The summed E-state index contributed by atoms with van der Waals surface area (Å²) in [6.07, 6.45) is 5.13. The topological polar surface area (TPSA) is 24.1 Å². The van der Waals surface area contributed by atoms with Gasteiger partial charge in [0.05, 0.1) is 16.4 Å². The van der Waals surface area contributed by atoms with Crippen LogP contribution < -0.4 is 10.6 Å². The summed E-state index contributed by atoms with van der Waals surface area (Å²) in [5.74, 6) is 0. The highest BCUT2D eigenvalue weighted by Gasteiger charge is 2.38. The van der Waals surface area contributed by atoms with Crippen LogP contribution in [0.2, 0.25) is 5.02 Å². The second-order valence-electron chi connectivity index (χ2n) is 4.60. The summed E-state index contributed by atoms with van der Waals surface area (Å²) >= 11 is 6.17. The predicted octanol–water partition coefficient (Wildman–Crippen LogP) is 3.49. The Hall–Kier alpha value is -0.890. The molecule has 0 bridgehead atoms. The van der Waals surface area contributed by atoms with Gasteiger partial charge in [0.25, 0.3) is 0 Å². The Balaban J connectivity index is 1.99. The Morgan fingerprint density at radius 1 is 1.20 bits per heavy atom. The van der Waals surface area contributed by atoms with Gasteiger partial charge in [-0.3, -0.25) is 0 Å². The van der Waals surface area contributed by atoms with Crippen molar-refractivity contribution >= 4 is 23.0 Å². The third kappa shape index (κ3) is 1.48. The molecule has 1 aliphatic carbocycles. The Morgan fingerprint density at radius 3 is 2.80 bits per heavy atom. The molecule has 1 fully saturated rings. The van der Waals surface area contributed by atoms with Crippen LogP contribution in [0.25, 0.3) is 0 Å². The standard InChI is InChI=1S/C12H15ClN2/c13-9-3-1-4-10-11(9)14-8-7-12(15-10)5-2-6-12/h1,3-4,14-15H,2,5-8H2. The Morgan fingerprint density at radius 2 is 2.07 bits per heavy atom. The van der Waals surface area contributed by atoms with Crippen LogP contribution >= 0.6 is 11.6 Å². The molecule has 1 heterocycles.